The van der Waals surface area contributed by atoms with Gasteiger partial charge in [-0.25, -0.2) is 4.98 Å². The van der Waals surface area contributed by atoms with Crippen LogP contribution in [0.25, 0.3) is 0 Å². The average molecular weight is 223 g/mol. The van der Waals surface area contributed by atoms with Gasteiger partial charge in [0.05, 0.1) is 5.69 Å². The van der Waals surface area contributed by atoms with E-state index in [1.54, 1.807) is 13.8 Å². The molecular weight excluding hydrogens is 206 g/mol. The Balaban J connectivity index is 1.90. The second kappa shape index (κ2) is 4.65. The van der Waals surface area contributed by atoms with Crippen LogP contribution in [0.1, 0.15) is 35.0 Å². The minimum Gasteiger partial charge on any atom is -0.436 e. The second-order valence-electron chi connectivity index (χ2n) is 4.15. The SMILES string of the molecule is Cc1nc(C)c(C(=O)NCC2CCCN2)o1. The molecule has 1 aromatic rings. The van der Waals surface area contributed by atoms with E-state index in [0.717, 1.165) is 13.0 Å². The molecule has 1 unspecified atom stereocenters. The summed E-state index contributed by atoms with van der Waals surface area (Å²) < 4.78 is 5.25. The van der Waals surface area contributed by atoms with Crippen molar-refractivity contribution in [1.29, 1.82) is 0 Å². The monoisotopic (exact) mass is 223 g/mol. The van der Waals surface area contributed by atoms with Crippen molar-refractivity contribution in [3.8, 4) is 0 Å². The minimum absolute atomic E-state index is 0.174. The first-order valence-electron chi connectivity index (χ1n) is 5.62. The molecule has 88 valence electrons. The van der Waals surface area contributed by atoms with E-state index in [1.807, 2.05) is 0 Å². The molecular formula is C11H17N3O2. The molecule has 0 aromatic carbocycles. The molecule has 1 aromatic heterocycles. The van der Waals surface area contributed by atoms with Gasteiger partial charge in [-0.05, 0) is 26.3 Å². The molecule has 1 fully saturated rings. The van der Waals surface area contributed by atoms with Crippen molar-refractivity contribution < 1.29 is 9.21 Å². The maximum atomic E-state index is 11.8. The summed E-state index contributed by atoms with van der Waals surface area (Å²) in [6, 6.07) is 0.397. The lowest BCUT2D eigenvalue weighted by Crippen LogP contribution is -2.37. The maximum Gasteiger partial charge on any atom is 0.289 e. The fourth-order valence-corrected chi connectivity index (χ4v) is 1.97. The van der Waals surface area contributed by atoms with E-state index in [4.69, 9.17) is 4.42 Å². The van der Waals surface area contributed by atoms with Crippen LogP contribution in [-0.2, 0) is 0 Å². The summed E-state index contributed by atoms with van der Waals surface area (Å²) in [7, 11) is 0. The number of carbonyl (C=O) groups excluding carboxylic acids is 1. The highest BCUT2D eigenvalue weighted by Gasteiger charge is 2.18. The number of aromatic nitrogens is 1. The summed E-state index contributed by atoms with van der Waals surface area (Å²) >= 11 is 0. The zero-order valence-electron chi connectivity index (χ0n) is 9.67. The second-order valence-corrected chi connectivity index (χ2v) is 4.15. The fraction of sp³-hybridized carbons (Fsp3) is 0.636. The number of hydrogen-bond donors (Lipinski definition) is 2. The molecule has 2 heterocycles. The fourth-order valence-electron chi connectivity index (χ4n) is 1.97. The number of aryl methyl sites for hydroxylation is 2. The van der Waals surface area contributed by atoms with Gasteiger partial charge in [0.25, 0.3) is 5.91 Å². The van der Waals surface area contributed by atoms with Crippen molar-refractivity contribution in [3.05, 3.63) is 17.3 Å². The minimum atomic E-state index is -0.174. The highest BCUT2D eigenvalue weighted by molar-refractivity contribution is 5.92. The van der Waals surface area contributed by atoms with Crippen LogP contribution in [0.2, 0.25) is 0 Å². The van der Waals surface area contributed by atoms with Gasteiger partial charge in [-0.3, -0.25) is 4.79 Å². The predicted octanol–water partition coefficient (Wildman–Crippen LogP) is 0.773. The van der Waals surface area contributed by atoms with Gasteiger partial charge in [0.1, 0.15) is 0 Å². The molecule has 1 aliphatic rings. The van der Waals surface area contributed by atoms with Gasteiger partial charge in [-0.15, -0.1) is 0 Å². The van der Waals surface area contributed by atoms with Gasteiger partial charge >= 0.3 is 0 Å². The Morgan fingerprint density at radius 1 is 1.62 bits per heavy atom. The molecule has 0 saturated carbocycles. The summed E-state index contributed by atoms with van der Waals surface area (Å²) in [6.45, 7) is 5.21. The lowest BCUT2D eigenvalue weighted by Gasteiger charge is -2.10. The van der Waals surface area contributed by atoms with Crippen LogP contribution in [-0.4, -0.2) is 30.0 Å². The van der Waals surface area contributed by atoms with Crippen molar-refractivity contribution >= 4 is 5.91 Å². The van der Waals surface area contributed by atoms with Gasteiger partial charge < -0.3 is 15.1 Å². The molecule has 1 amide bonds. The molecule has 5 nitrogen and oxygen atoms in total. The third-order valence-corrected chi connectivity index (χ3v) is 2.78. The van der Waals surface area contributed by atoms with E-state index in [-0.39, 0.29) is 5.91 Å². The van der Waals surface area contributed by atoms with Crippen molar-refractivity contribution in [2.45, 2.75) is 32.7 Å². The molecule has 0 bridgehead atoms. The number of amides is 1. The zero-order valence-corrected chi connectivity index (χ0v) is 9.67. The van der Waals surface area contributed by atoms with Gasteiger partial charge in [0.2, 0.25) is 5.76 Å². The quantitative estimate of drug-likeness (QED) is 0.794. The Labute approximate surface area is 94.6 Å². The van der Waals surface area contributed by atoms with Crippen molar-refractivity contribution in [2.24, 2.45) is 0 Å². The zero-order chi connectivity index (χ0) is 11.5. The van der Waals surface area contributed by atoms with Crippen LogP contribution in [0.5, 0.6) is 0 Å². The number of carbonyl (C=O) groups is 1. The summed E-state index contributed by atoms with van der Waals surface area (Å²) in [6.07, 6.45) is 2.30. The Hall–Kier alpha value is -1.36. The van der Waals surface area contributed by atoms with Gasteiger partial charge in [0.15, 0.2) is 5.89 Å². The molecule has 1 saturated heterocycles. The average Bonchev–Trinajstić information content (AvgIpc) is 2.84. The molecule has 2 N–H and O–H groups in total. The van der Waals surface area contributed by atoms with Gasteiger partial charge in [-0.1, -0.05) is 0 Å². The Kier molecular flexibility index (Phi) is 3.24. The number of hydrogen-bond acceptors (Lipinski definition) is 4. The van der Waals surface area contributed by atoms with Crippen molar-refractivity contribution in [1.82, 2.24) is 15.6 Å². The van der Waals surface area contributed by atoms with Crippen LogP contribution in [0.4, 0.5) is 0 Å². The van der Waals surface area contributed by atoms with Crippen LogP contribution in [0, 0.1) is 13.8 Å². The van der Waals surface area contributed by atoms with E-state index < -0.39 is 0 Å². The molecule has 0 radical (unpaired) electrons. The molecule has 0 spiro atoms. The first-order chi connectivity index (χ1) is 7.66. The lowest BCUT2D eigenvalue weighted by atomic mass is 10.2. The molecule has 2 rings (SSSR count). The third kappa shape index (κ3) is 2.41. The highest BCUT2D eigenvalue weighted by atomic mass is 16.4. The first kappa shape index (κ1) is 11.1. The molecule has 16 heavy (non-hydrogen) atoms. The molecule has 1 atom stereocenters. The summed E-state index contributed by atoms with van der Waals surface area (Å²) in [5, 5.41) is 6.18. The summed E-state index contributed by atoms with van der Waals surface area (Å²) in [4.78, 5) is 15.8. The van der Waals surface area contributed by atoms with Gasteiger partial charge in [-0.2, -0.15) is 0 Å². The first-order valence-corrected chi connectivity index (χ1v) is 5.62. The van der Waals surface area contributed by atoms with Crippen molar-refractivity contribution in [2.75, 3.05) is 13.1 Å². The Morgan fingerprint density at radius 3 is 3.00 bits per heavy atom. The van der Waals surface area contributed by atoms with Crippen LogP contribution < -0.4 is 10.6 Å². The number of oxazole rings is 1. The van der Waals surface area contributed by atoms with E-state index in [0.29, 0.717) is 29.9 Å². The Bertz CT molecular complexity index is 381. The number of nitrogens with one attached hydrogen (secondary N) is 2. The van der Waals surface area contributed by atoms with E-state index in [9.17, 15) is 4.79 Å². The maximum absolute atomic E-state index is 11.8. The van der Waals surface area contributed by atoms with Gasteiger partial charge in [0, 0.05) is 19.5 Å². The number of nitrogens with zero attached hydrogens (tertiary/aromatic N) is 1. The topological polar surface area (TPSA) is 67.2 Å². The van der Waals surface area contributed by atoms with E-state index >= 15 is 0 Å². The summed E-state index contributed by atoms with van der Waals surface area (Å²) in [5.74, 6) is 0.684. The number of rotatable bonds is 3. The van der Waals surface area contributed by atoms with Crippen LogP contribution in [0.3, 0.4) is 0 Å². The van der Waals surface area contributed by atoms with Crippen molar-refractivity contribution in [3.63, 3.8) is 0 Å². The lowest BCUT2D eigenvalue weighted by molar-refractivity contribution is 0.0920. The van der Waals surface area contributed by atoms with E-state index in [2.05, 4.69) is 15.6 Å². The van der Waals surface area contributed by atoms with Crippen LogP contribution in [0.15, 0.2) is 4.42 Å². The Morgan fingerprint density at radius 2 is 2.44 bits per heavy atom. The molecule has 5 heteroatoms. The normalized spacial score (nSPS) is 20.0. The van der Waals surface area contributed by atoms with E-state index in [1.165, 1.54) is 6.42 Å². The smallest absolute Gasteiger partial charge is 0.289 e. The summed E-state index contributed by atoms with van der Waals surface area (Å²) in [5.41, 5.74) is 0.648. The molecule has 1 aliphatic heterocycles. The largest absolute Gasteiger partial charge is 0.436 e. The highest BCUT2D eigenvalue weighted by Crippen LogP contribution is 2.09. The molecule has 0 aliphatic carbocycles. The standard InChI is InChI=1S/C11H17N3O2/c1-7-10(16-8(2)14-7)11(15)13-6-9-4-3-5-12-9/h9,12H,3-6H2,1-2H3,(H,13,15). The third-order valence-electron chi connectivity index (χ3n) is 2.78. The predicted molar refractivity (Wildman–Crippen MR) is 59.3 cm³/mol. The van der Waals surface area contributed by atoms with Crippen LogP contribution >= 0.6 is 0 Å².